The Labute approximate surface area is 203 Å². The van der Waals surface area contributed by atoms with Gasteiger partial charge in [-0.15, -0.1) is 11.3 Å². The van der Waals surface area contributed by atoms with Gasteiger partial charge in [0.05, 0.1) is 5.39 Å². The molecule has 3 heterocycles. The van der Waals surface area contributed by atoms with Crippen molar-refractivity contribution in [3.8, 4) is 0 Å². The second-order valence-corrected chi connectivity index (χ2v) is 9.86. The second kappa shape index (κ2) is 9.81. The molecule has 0 spiro atoms. The number of benzene rings is 2. The molecule has 5 rings (SSSR count). The summed E-state index contributed by atoms with van der Waals surface area (Å²) in [5.74, 6) is 1.17. The molecule has 1 aliphatic heterocycles. The molecular weight excluding hydrogens is 444 g/mol. The zero-order chi connectivity index (χ0) is 23.5. The highest BCUT2D eigenvalue weighted by atomic mass is 32.1. The lowest BCUT2D eigenvalue weighted by atomic mass is 9.99. The molecule has 2 aromatic heterocycles. The van der Waals surface area contributed by atoms with Crippen LogP contribution in [-0.4, -0.2) is 29.0 Å². The third-order valence-corrected chi connectivity index (χ3v) is 7.58. The minimum atomic E-state index is -0.337. The lowest BCUT2D eigenvalue weighted by molar-refractivity contribution is 0.0478. The predicted octanol–water partition coefficient (Wildman–Crippen LogP) is 6.34. The van der Waals surface area contributed by atoms with Gasteiger partial charge in [0.2, 0.25) is 0 Å². The van der Waals surface area contributed by atoms with E-state index < -0.39 is 0 Å². The van der Waals surface area contributed by atoms with E-state index in [9.17, 15) is 4.79 Å². The molecule has 0 unspecified atom stereocenters. The summed E-state index contributed by atoms with van der Waals surface area (Å²) < 4.78 is 5.56. The molecule has 0 amide bonds. The first-order chi connectivity index (χ1) is 16.6. The summed E-state index contributed by atoms with van der Waals surface area (Å²) in [6.45, 7) is 6.71. The van der Waals surface area contributed by atoms with Crippen LogP contribution in [0.25, 0.3) is 10.2 Å². The first kappa shape index (κ1) is 22.3. The fraction of sp³-hybridized carbons (Fsp3) is 0.296. The fourth-order valence-corrected chi connectivity index (χ4v) is 5.35. The highest BCUT2D eigenvalue weighted by Crippen LogP contribution is 2.35. The lowest BCUT2D eigenvalue weighted by Gasteiger charge is -2.32. The molecule has 1 N–H and O–H groups in total. The molecule has 0 atom stereocenters. The van der Waals surface area contributed by atoms with Gasteiger partial charge >= 0.3 is 5.97 Å². The summed E-state index contributed by atoms with van der Waals surface area (Å²) in [5, 5.41) is 4.27. The van der Waals surface area contributed by atoms with Gasteiger partial charge < -0.3 is 15.0 Å². The third kappa shape index (κ3) is 4.75. The minimum Gasteiger partial charge on any atom is -0.457 e. The van der Waals surface area contributed by atoms with E-state index in [1.54, 1.807) is 0 Å². The van der Waals surface area contributed by atoms with Crippen molar-refractivity contribution >= 4 is 44.7 Å². The molecule has 0 bridgehead atoms. The van der Waals surface area contributed by atoms with Crippen LogP contribution >= 0.6 is 11.3 Å². The fourth-order valence-electron chi connectivity index (χ4n) is 4.31. The summed E-state index contributed by atoms with van der Waals surface area (Å²) in [6.07, 6.45) is 4.02. The number of fused-ring (bicyclic) bond motifs is 1. The summed E-state index contributed by atoms with van der Waals surface area (Å²) in [4.78, 5) is 25.4. The number of aryl methyl sites for hydroxylation is 1. The van der Waals surface area contributed by atoms with E-state index >= 15 is 0 Å². The van der Waals surface area contributed by atoms with Gasteiger partial charge in [0.25, 0.3) is 0 Å². The number of anilines is 3. The number of piperidine rings is 1. The van der Waals surface area contributed by atoms with Crippen LogP contribution < -0.4 is 10.2 Å². The Morgan fingerprint density at radius 3 is 2.56 bits per heavy atom. The number of aromatic nitrogens is 2. The maximum Gasteiger partial charge on any atom is 0.349 e. The SMILES string of the molecule is Cc1c(C(=O)OCc2ccccc2)sc2ncnc(Nc3ccc(N4CCC(C)CC4)cc3)c12. The number of rotatable bonds is 6. The molecule has 0 saturated carbocycles. The van der Waals surface area contributed by atoms with E-state index in [0.29, 0.717) is 10.7 Å². The van der Waals surface area contributed by atoms with Crippen molar-refractivity contribution in [1.82, 2.24) is 9.97 Å². The van der Waals surface area contributed by atoms with Gasteiger partial charge in [-0.25, -0.2) is 14.8 Å². The van der Waals surface area contributed by atoms with Crippen LogP contribution in [0.1, 0.15) is 40.6 Å². The Kier molecular flexibility index (Phi) is 6.45. The van der Waals surface area contributed by atoms with Gasteiger partial charge in [-0.3, -0.25) is 0 Å². The summed E-state index contributed by atoms with van der Waals surface area (Å²) in [6, 6.07) is 18.2. The molecule has 2 aromatic carbocycles. The molecular formula is C27H28N4O2S. The number of carbonyl (C=O) groups excluding carboxylic acids is 1. The maximum absolute atomic E-state index is 12.8. The number of thiophene rings is 1. The number of hydrogen-bond donors (Lipinski definition) is 1. The average Bonchev–Trinajstić information content (AvgIpc) is 3.22. The van der Waals surface area contributed by atoms with E-state index in [1.165, 1.54) is 36.2 Å². The first-order valence-corrected chi connectivity index (χ1v) is 12.5. The number of ether oxygens (including phenoxy) is 1. The molecule has 4 aromatic rings. The highest BCUT2D eigenvalue weighted by Gasteiger charge is 2.21. The highest BCUT2D eigenvalue weighted by molar-refractivity contribution is 7.20. The van der Waals surface area contributed by atoms with Crippen LogP contribution in [-0.2, 0) is 11.3 Å². The molecule has 34 heavy (non-hydrogen) atoms. The average molecular weight is 473 g/mol. The Morgan fingerprint density at radius 1 is 1.09 bits per heavy atom. The van der Waals surface area contributed by atoms with Gasteiger partial charge in [-0.05, 0) is 61.1 Å². The van der Waals surface area contributed by atoms with E-state index in [2.05, 4.69) is 51.4 Å². The normalized spacial score (nSPS) is 14.4. The zero-order valence-corrected chi connectivity index (χ0v) is 20.3. The van der Waals surface area contributed by atoms with E-state index in [-0.39, 0.29) is 12.6 Å². The Hall–Kier alpha value is -3.45. The minimum absolute atomic E-state index is 0.242. The Balaban J connectivity index is 1.33. The van der Waals surface area contributed by atoms with Gasteiger partial charge in [-0.2, -0.15) is 0 Å². The smallest absolute Gasteiger partial charge is 0.349 e. The van der Waals surface area contributed by atoms with Gasteiger partial charge in [0.15, 0.2) is 0 Å². The summed E-state index contributed by atoms with van der Waals surface area (Å²) in [5.41, 5.74) is 3.99. The zero-order valence-electron chi connectivity index (χ0n) is 19.5. The number of esters is 1. The molecule has 0 aliphatic carbocycles. The largest absolute Gasteiger partial charge is 0.457 e. The number of nitrogens with one attached hydrogen (secondary N) is 1. The molecule has 0 radical (unpaired) electrons. The molecule has 174 valence electrons. The van der Waals surface area contributed by atoms with Crippen LogP contribution in [0, 0.1) is 12.8 Å². The van der Waals surface area contributed by atoms with Crippen molar-refractivity contribution in [1.29, 1.82) is 0 Å². The van der Waals surface area contributed by atoms with Crippen molar-refractivity contribution in [3.63, 3.8) is 0 Å². The summed E-state index contributed by atoms with van der Waals surface area (Å²) >= 11 is 1.34. The standard InChI is InChI=1S/C27H28N4O2S/c1-18-12-14-31(15-13-18)22-10-8-21(9-11-22)30-25-23-19(2)24(34-26(23)29-17-28-25)27(32)33-16-20-6-4-3-5-7-20/h3-11,17-18H,12-16H2,1-2H3,(H,28,29,30). The van der Waals surface area contributed by atoms with E-state index in [0.717, 1.165) is 46.0 Å². The number of hydrogen-bond acceptors (Lipinski definition) is 7. The maximum atomic E-state index is 12.8. The number of carbonyl (C=O) groups is 1. The molecule has 6 nitrogen and oxygen atoms in total. The molecule has 7 heteroatoms. The van der Waals surface area contributed by atoms with Crippen molar-refractivity contribution in [2.75, 3.05) is 23.3 Å². The van der Waals surface area contributed by atoms with Crippen LogP contribution in [0.5, 0.6) is 0 Å². The summed E-state index contributed by atoms with van der Waals surface area (Å²) in [7, 11) is 0. The number of nitrogens with zero attached hydrogens (tertiary/aromatic N) is 3. The monoisotopic (exact) mass is 472 g/mol. The van der Waals surface area contributed by atoms with Crippen LogP contribution in [0.3, 0.4) is 0 Å². The Bertz CT molecular complexity index is 1280. The van der Waals surface area contributed by atoms with E-state index in [1.807, 2.05) is 37.3 Å². The lowest BCUT2D eigenvalue weighted by Crippen LogP contribution is -2.32. The first-order valence-electron chi connectivity index (χ1n) is 11.7. The van der Waals surface area contributed by atoms with Crippen molar-refractivity contribution in [2.45, 2.75) is 33.3 Å². The van der Waals surface area contributed by atoms with Crippen molar-refractivity contribution in [2.24, 2.45) is 5.92 Å². The van der Waals surface area contributed by atoms with Crippen LogP contribution in [0.15, 0.2) is 60.9 Å². The molecule has 1 aliphatic rings. The van der Waals surface area contributed by atoms with Crippen molar-refractivity contribution in [3.05, 3.63) is 76.9 Å². The molecule has 1 saturated heterocycles. The third-order valence-electron chi connectivity index (χ3n) is 6.40. The predicted molar refractivity (Wildman–Crippen MR) is 138 cm³/mol. The Morgan fingerprint density at radius 2 is 1.82 bits per heavy atom. The van der Waals surface area contributed by atoms with Crippen LogP contribution in [0.2, 0.25) is 0 Å². The van der Waals surface area contributed by atoms with Crippen molar-refractivity contribution < 1.29 is 9.53 Å². The van der Waals surface area contributed by atoms with E-state index in [4.69, 9.17) is 4.74 Å². The quantitative estimate of drug-likeness (QED) is 0.331. The van der Waals surface area contributed by atoms with Gasteiger partial charge in [0.1, 0.15) is 28.5 Å². The second-order valence-electron chi connectivity index (χ2n) is 8.86. The molecule has 1 fully saturated rings. The van der Waals surface area contributed by atoms with Gasteiger partial charge in [0, 0.05) is 24.5 Å². The van der Waals surface area contributed by atoms with Gasteiger partial charge in [-0.1, -0.05) is 37.3 Å². The van der Waals surface area contributed by atoms with Crippen LogP contribution in [0.4, 0.5) is 17.2 Å². The topological polar surface area (TPSA) is 67.3 Å².